The molecule has 19 heavy (non-hydrogen) atoms. The summed E-state index contributed by atoms with van der Waals surface area (Å²) < 4.78 is 18.8. The van der Waals surface area contributed by atoms with Gasteiger partial charge in [0.1, 0.15) is 5.82 Å². The quantitative estimate of drug-likeness (QED) is 0.860. The van der Waals surface area contributed by atoms with Gasteiger partial charge in [-0.05, 0) is 44.4 Å². The maximum absolute atomic E-state index is 13.7. The Balaban J connectivity index is 2.36. The smallest absolute Gasteiger partial charge is 0.126 e. The van der Waals surface area contributed by atoms with Gasteiger partial charge in [0.05, 0.1) is 12.7 Å². The Morgan fingerprint density at radius 1 is 1.47 bits per heavy atom. The van der Waals surface area contributed by atoms with Crippen LogP contribution in [0.1, 0.15) is 37.0 Å². The molecule has 0 spiro atoms. The number of rotatable bonds is 6. The summed E-state index contributed by atoms with van der Waals surface area (Å²) in [5.41, 5.74) is 2.21. The minimum absolute atomic E-state index is 0.262. The molecule has 0 unspecified atom stereocenters. The third-order valence-corrected chi connectivity index (χ3v) is 3.59. The van der Waals surface area contributed by atoms with Gasteiger partial charge in [0.2, 0.25) is 0 Å². The van der Waals surface area contributed by atoms with Crippen molar-refractivity contribution in [3.63, 3.8) is 0 Å². The van der Waals surface area contributed by atoms with Gasteiger partial charge in [0.25, 0.3) is 0 Å². The van der Waals surface area contributed by atoms with Crippen LogP contribution in [0.25, 0.3) is 0 Å². The first-order valence-corrected chi connectivity index (χ1v) is 6.78. The highest BCUT2D eigenvalue weighted by Crippen LogP contribution is 2.36. The lowest BCUT2D eigenvalue weighted by Crippen LogP contribution is -2.30. The molecule has 1 fully saturated rings. The molecular weight excluding hydrogens is 245 g/mol. The van der Waals surface area contributed by atoms with Gasteiger partial charge in [-0.2, -0.15) is 0 Å². The molecule has 0 aliphatic heterocycles. The Labute approximate surface area is 114 Å². The molecule has 1 aliphatic rings. The van der Waals surface area contributed by atoms with Crippen molar-refractivity contribution in [2.24, 2.45) is 0 Å². The molecule has 0 bridgehead atoms. The van der Waals surface area contributed by atoms with Crippen molar-refractivity contribution < 1.29 is 14.2 Å². The summed E-state index contributed by atoms with van der Waals surface area (Å²) in [6.07, 6.45) is 1.63. The first-order chi connectivity index (χ1) is 9.04. The average molecular weight is 267 g/mol. The van der Waals surface area contributed by atoms with Crippen LogP contribution in [0.2, 0.25) is 0 Å². The van der Waals surface area contributed by atoms with Crippen molar-refractivity contribution in [3.8, 4) is 0 Å². The molecule has 0 aromatic heterocycles. The van der Waals surface area contributed by atoms with E-state index in [-0.39, 0.29) is 5.82 Å². The molecule has 0 amide bonds. The molecule has 1 aromatic carbocycles. The fourth-order valence-electron chi connectivity index (χ4n) is 2.34. The molecule has 1 saturated carbocycles. The lowest BCUT2D eigenvalue weighted by Gasteiger charge is -2.28. The van der Waals surface area contributed by atoms with E-state index in [1.165, 1.54) is 6.07 Å². The van der Waals surface area contributed by atoms with E-state index in [0.717, 1.165) is 25.1 Å². The van der Waals surface area contributed by atoms with E-state index < -0.39 is 6.10 Å². The zero-order valence-corrected chi connectivity index (χ0v) is 11.8. The largest absolute Gasteiger partial charge is 0.389 e. The lowest BCUT2D eigenvalue weighted by atomic mass is 10.0. The van der Waals surface area contributed by atoms with Crippen LogP contribution in [0.15, 0.2) is 12.1 Å². The highest BCUT2D eigenvalue weighted by Gasteiger charge is 2.31. The predicted octanol–water partition coefficient (Wildman–Crippen LogP) is 2.80. The molecule has 0 radical (unpaired) electrons. The molecule has 2 rings (SSSR count). The minimum Gasteiger partial charge on any atom is -0.389 e. The Hall–Kier alpha value is -1.13. The number of halogens is 1. The maximum Gasteiger partial charge on any atom is 0.126 e. The summed E-state index contributed by atoms with van der Waals surface area (Å²) in [5, 5.41) is 9.87. The van der Waals surface area contributed by atoms with Crippen LogP contribution < -0.4 is 4.90 Å². The van der Waals surface area contributed by atoms with Gasteiger partial charge in [-0.25, -0.2) is 4.39 Å². The Kier molecular flexibility index (Phi) is 4.42. The van der Waals surface area contributed by atoms with Crippen LogP contribution in [0.3, 0.4) is 0 Å². The van der Waals surface area contributed by atoms with E-state index in [2.05, 4.69) is 4.90 Å². The molecule has 1 aromatic rings. The summed E-state index contributed by atoms with van der Waals surface area (Å²) in [7, 11) is 1.68. The normalized spacial score (nSPS) is 16.5. The molecule has 3 nitrogen and oxygen atoms in total. The molecule has 1 atom stereocenters. The number of hydrogen-bond acceptors (Lipinski definition) is 3. The third kappa shape index (κ3) is 3.25. The van der Waals surface area contributed by atoms with Gasteiger partial charge in [-0.1, -0.05) is 0 Å². The number of aliphatic hydroxyl groups excluding tert-OH is 1. The Bertz CT molecular complexity index is 444. The van der Waals surface area contributed by atoms with E-state index in [1.54, 1.807) is 21.0 Å². The van der Waals surface area contributed by atoms with E-state index >= 15 is 0 Å². The molecule has 1 N–H and O–H groups in total. The van der Waals surface area contributed by atoms with Crippen LogP contribution in [0.4, 0.5) is 10.1 Å². The summed E-state index contributed by atoms with van der Waals surface area (Å²) in [4.78, 5) is 2.23. The highest BCUT2D eigenvalue weighted by atomic mass is 19.1. The standard InChI is InChI=1S/C15H22FNO2/c1-10-8-15(13(11(2)18)9-14(10)16)17(6-7-19-3)12-4-5-12/h8-9,11-12,18H,4-7H2,1-3H3/t11-/m0/s1. The summed E-state index contributed by atoms with van der Waals surface area (Å²) in [5.74, 6) is -0.262. The molecule has 0 saturated heterocycles. The molecule has 106 valence electrons. The third-order valence-electron chi connectivity index (χ3n) is 3.59. The molecular formula is C15H22FNO2. The molecule has 1 aliphatic carbocycles. The van der Waals surface area contributed by atoms with Crippen molar-refractivity contribution in [1.82, 2.24) is 0 Å². The van der Waals surface area contributed by atoms with Gasteiger partial charge >= 0.3 is 0 Å². The van der Waals surface area contributed by atoms with Crippen molar-refractivity contribution in [2.75, 3.05) is 25.2 Å². The topological polar surface area (TPSA) is 32.7 Å². The first-order valence-electron chi connectivity index (χ1n) is 6.78. The summed E-state index contributed by atoms with van der Waals surface area (Å²) >= 11 is 0. The number of methoxy groups -OCH3 is 1. The predicted molar refractivity (Wildman–Crippen MR) is 74.0 cm³/mol. The summed E-state index contributed by atoms with van der Waals surface area (Å²) in [6.45, 7) is 4.83. The fraction of sp³-hybridized carbons (Fsp3) is 0.600. The zero-order valence-electron chi connectivity index (χ0n) is 11.8. The maximum atomic E-state index is 13.7. The molecule has 4 heteroatoms. The van der Waals surface area contributed by atoms with Gasteiger partial charge in [-0.3, -0.25) is 0 Å². The number of hydrogen-bond donors (Lipinski definition) is 1. The highest BCUT2D eigenvalue weighted by molar-refractivity contribution is 5.58. The van der Waals surface area contributed by atoms with E-state index in [0.29, 0.717) is 23.8 Å². The number of benzene rings is 1. The lowest BCUT2D eigenvalue weighted by molar-refractivity contribution is 0.196. The van der Waals surface area contributed by atoms with Crippen LogP contribution in [-0.4, -0.2) is 31.4 Å². The van der Waals surface area contributed by atoms with Gasteiger partial charge in [0.15, 0.2) is 0 Å². The zero-order chi connectivity index (χ0) is 14.0. The van der Waals surface area contributed by atoms with Crippen LogP contribution in [0.5, 0.6) is 0 Å². The Morgan fingerprint density at radius 3 is 2.68 bits per heavy atom. The van der Waals surface area contributed by atoms with Crippen LogP contribution in [0, 0.1) is 12.7 Å². The second-order valence-corrected chi connectivity index (χ2v) is 5.25. The minimum atomic E-state index is -0.672. The molecule has 0 heterocycles. The van der Waals surface area contributed by atoms with Crippen LogP contribution in [-0.2, 0) is 4.74 Å². The van der Waals surface area contributed by atoms with E-state index in [9.17, 15) is 9.50 Å². The van der Waals surface area contributed by atoms with Crippen molar-refractivity contribution >= 4 is 5.69 Å². The van der Waals surface area contributed by atoms with Crippen LogP contribution >= 0.6 is 0 Å². The number of ether oxygens (including phenoxy) is 1. The Morgan fingerprint density at radius 2 is 2.16 bits per heavy atom. The number of nitrogens with zero attached hydrogens (tertiary/aromatic N) is 1. The van der Waals surface area contributed by atoms with Gasteiger partial charge in [0, 0.05) is 30.9 Å². The monoisotopic (exact) mass is 267 g/mol. The number of aliphatic hydroxyl groups is 1. The second-order valence-electron chi connectivity index (χ2n) is 5.25. The van der Waals surface area contributed by atoms with Gasteiger partial charge in [-0.15, -0.1) is 0 Å². The first kappa shape index (κ1) is 14.3. The van der Waals surface area contributed by atoms with E-state index in [4.69, 9.17) is 4.74 Å². The summed E-state index contributed by atoms with van der Waals surface area (Å²) in [6, 6.07) is 3.79. The van der Waals surface area contributed by atoms with Gasteiger partial charge < -0.3 is 14.7 Å². The SMILES string of the molecule is COCCN(c1cc(C)c(F)cc1[C@H](C)O)C1CC1. The number of anilines is 1. The second kappa shape index (κ2) is 5.88. The van der Waals surface area contributed by atoms with Crippen molar-refractivity contribution in [1.29, 1.82) is 0 Å². The number of aryl methyl sites for hydroxylation is 1. The van der Waals surface area contributed by atoms with Crippen molar-refractivity contribution in [3.05, 3.63) is 29.1 Å². The van der Waals surface area contributed by atoms with E-state index in [1.807, 2.05) is 6.07 Å². The average Bonchev–Trinajstić information content (AvgIpc) is 3.17. The fourth-order valence-corrected chi connectivity index (χ4v) is 2.34. The van der Waals surface area contributed by atoms with Crippen molar-refractivity contribution in [2.45, 2.75) is 38.8 Å².